The van der Waals surface area contributed by atoms with Crippen LogP contribution in [0.4, 0.5) is 0 Å². The van der Waals surface area contributed by atoms with E-state index in [4.69, 9.17) is 0 Å². The van der Waals surface area contributed by atoms with Gasteiger partial charge in [0, 0.05) is 24.5 Å². The topological polar surface area (TPSA) is 24.9 Å². The van der Waals surface area contributed by atoms with E-state index < -0.39 is 0 Å². The minimum absolute atomic E-state index is 0.382. The summed E-state index contributed by atoms with van der Waals surface area (Å²) in [5.41, 5.74) is 4.30. The molecule has 92 valence electrons. The standard InChI is InChI=1S/C16H18N2/c1-12(13-6-8-17-9-7-13)18-16-10-14-4-2-3-5-15(14)11-16/h2-9,12,16,18H,10-11H2,1H3/t12-/m0/s1. The highest BCUT2D eigenvalue weighted by atomic mass is 14.9. The van der Waals surface area contributed by atoms with Crippen LogP contribution in [-0.4, -0.2) is 11.0 Å². The Kier molecular flexibility index (Phi) is 3.11. The van der Waals surface area contributed by atoms with Crippen molar-refractivity contribution >= 4 is 0 Å². The molecule has 0 fully saturated rings. The molecule has 1 N–H and O–H groups in total. The van der Waals surface area contributed by atoms with Gasteiger partial charge in [0.05, 0.1) is 0 Å². The molecule has 1 aliphatic rings. The summed E-state index contributed by atoms with van der Waals surface area (Å²) in [6.45, 7) is 2.22. The molecule has 2 nitrogen and oxygen atoms in total. The summed E-state index contributed by atoms with van der Waals surface area (Å²) in [5.74, 6) is 0. The van der Waals surface area contributed by atoms with Crippen molar-refractivity contribution in [2.45, 2.75) is 31.8 Å². The molecule has 0 bridgehead atoms. The van der Waals surface area contributed by atoms with Gasteiger partial charge in [0.25, 0.3) is 0 Å². The summed E-state index contributed by atoms with van der Waals surface area (Å²) in [6, 6.07) is 13.9. The maximum atomic E-state index is 4.06. The third-order valence-corrected chi connectivity index (χ3v) is 3.74. The Hall–Kier alpha value is -1.67. The third kappa shape index (κ3) is 2.29. The predicted molar refractivity (Wildman–Crippen MR) is 73.4 cm³/mol. The Morgan fingerprint density at radius 1 is 1.06 bits per heavy atom. The second-order valence-corrected chi connectivity index (χ2v) is 5.04. The highest BCUT2D eigenvalue weighted by molar-refractivity contribution is 5.33. The molecule has 2 aromatic rings. The van der Waals surface area contributed by atoms with Crippen LogP contribution in [0.25, 0.3) is 0 Å². The zero-order valence-electron chi connectivity index (χ0n) is 10.6. The van der Waals surface area contributed by atoms with Crippen LogP contribution in [0.15, 0.2) is 48.8 Å². The number of aromatic nitrogens is 1. The fourth-order valence-corrected chi connectivity index (χ4v) is 2.78. The van der Waals surface area contributed by atoms with Gasteiger partial charge in [-0.25, -0.2) is 0 Å². The highest BCUT2D eigenvalue weighted by Crippen LogP contribution is 2.23. The molecule has 0 unspecified atom stereocenters. The first-order valence-corrected chi connectivity index (χ1v) is 6.55. The molecule has 0 aliphatic heterocycles. The Balaban J connectivity index is 1.66. The number of benzene rings is 1. The van der Waals surface area contributed by atoms with Crippen molar-refractivity contribution in [1.29, 1.82) is 0 Å². The zero-order chi connectivity index (χ0) is 12.4. The lowest BCUT2D eigenvalue weighted by atomic mass is 10.1. The summed E-state index contributed by atoms with van der Waals surface area (Å²) < 4.78 is 0. The van der Waals surface area contributed by atoms with Crippen LogP contribution in [0.3, 0.4) is 0 Å². The fraction of sp³-hybridized carbons (Fsp3) is 0.312. The smallest absolute Gasteiger partial charge is 0.0295 e. The van der Waals surface area contributed by atoms with E-state index >= 15 is 0 Å². The van der Waals surface area contributed by atoms with Gasteiger partial charge in [0.15, 0.2) is 0 Å². The second kappa shape index (κ2) is 4.91. The Bertz CT molecular complexity index is 497. The molecule has 1 aromatic heterocycles. The van der Waals surface area contributed by atoms with Gasteiger partial charge >= 0.3 is 0 Å². The first kappa shape index (κ1) is 11.4. The van der Waals surface area contributed by atoms with Crippen LogP contribution in [0.5, 0.6) is 0 Å². The normalized spacial score (nSPS) is 16.5. The molecule has 1 heterocycles. The summed E-state index contributed by atoms with van der Waals surface area (Å²) in [6.07, 6.45) is 6.00. The maximum Gasteiger partial charge on any atom is 0.0295 e. The van der Waals surface area contributed by atoms with Crippen LogP contribution in [-0.2, 0) is 12.8 Å². The second-order valence-electron chi connectivity index (χ2n) is 5.04. The summed E-state index contributed by atoms with van der Waals surface area (Å²) in [7, 11) is 0. The quantitative estimate of drug-likeness (QED) is 0.889. The van der Waals surface area contributed by atoms with Crippen molar-refractivity contribution in [3.05, 3.63) is 65.5 Å². The van der Waals surface area contributed by atoms with Crippen molar-refractivity contribution in [3.63, 3.8) is 0 Å². The van der Waals surface area contributed by atoms with E-state index in [0.717, 1.165) is 12.8 Å². The number of fused-ring (bicyclic) bond motifs is 1. The predicted octanol–water partition coefficient (Wildman–Crippen LogP) is 2.90. The highest BCUT2D eigenvalue weighted by Gasteiger charge is 2.22. The lowest BCUT2D eigenvalue weighted by Crippen LogP contribution is -2.32. The van der Waals surface area contributed by atoms with E-state index in [9.17, 15) is 0 Å². The fourth-order valence-electron chi connectivity index (χ4n) is 2.78. The number of pyridine rings is 1. The van der Waals surface area contributed by atoms with Crippen LogP contribution in [0.2, 0.25) is 0 Å². The minimum atomic E-state index is 0.382. The maximum absolute atomic E-state index is 4.06. The molecule has 0 saturated heterocycles. The van der Waals surface area contributed by atoms with E-state index in [1.54, 1.807) is 0 Å². The van der Waals surface area contributed by atoms with Gasteiger partial charge in [-0.15, -0.1) is 0 Å². The lowest BCUT2D eigenvalue weighted by Gasteiger charge is -2.19. The van der Waals surface area contributed by atoms with Gasteiger partial charge in [-0.2, -0.15) is 0 Å². The van der Waals surface area contributed by atoms with Crippen molar-refractivity contribution in [1.82, 2.24) is 10.3 Å². The van der Waals surface area contributed by atoms with Gasteiger partial charge in [-0.1, -0.05) is 24.3 Å². The number of rotatable bonds is 3. The van der Waals surface area contributed by atoms with Crippen molar-refractivity contribution in [2.24, 2.45) is 0 Å². The monoisotopic (exact) mass is 238 g/mol. The number of hydrogen-bond acceptors (Lipinski definition) is 2. The number of hydrogen-bond donors (Lipinski definition) is 1. The Morgan fingerprint density at radius 2 is 1.67 bits per heavy atom. The largest absolute Gasteiger partial charge is 0.307 e. The lowest BCUT2D eigenvalue weighted by molar-refractivity contribution is 0.467. The molecule has 0 saturated carbocycles. The average Bonchev–Trinajstić information content (AvgIpc) is 2.82. The van der Waals surface area contributed by atoms with Crippen LogP contribution >= 0.6 is 0 Å². The van der Waals surface area contributed by atoms with E-state index in [-0.39, 0.29) is 0 Å². The zero-order valence-corrected chi connectivity index (χ0v) is 10.6. The van der Waals surface area contributed by atoms with Gasteiger partial charge in [-0.3, -0.25) is 4.98 Å². The molecular formula is C16H18N2. The van der Waals surface area contributed by atoms with Gasteiger partial charge < -0.3 is 5.32 Å². The summed E-state index contributed by atoms with van der Waals surface area (Å²) in [4.78, 5) is 4.06. The molecular weight excluding hydrogens is 220 g/mol. The van der Waals surface area contributed by atoms with Crippen molar-refractivity contribution in [3.8, 4) is 0 Å². The molecule has 18 heavy (non-hydrogen) atoms. The molecule has 3 rings (SSSR count). The summed E-state index contributed by atoms with van der Waals surface area (Å²) >= 11 is 0. The van der Waals surface area contributed by atoms with E-state index in [2.05, 4.69) is 53.6 Å². The van der Waals surface area contributed by atoms with E-state index in [0.29, 0.717) is 12.1 Å². The first-order chi connectivity index (χ1) is 8.83. The molecule has 0 radical (unpaired) electrons. The van der Waals surface area contributed by atoms with E-state index in [1.165, 1.54) is 16.7 Å². The number of nitrogens with one attached hydrogen (secondary N) is 1. The SMILES string of the molecule is C[C@H](NC1Cc2ccccc2C1)c1ccncc1. The van der Waals surface area contributed by atoms with E-state index in [1.807, 2.05) is 12.4 Å². The van der Waals surface area contributed by atoms with Crippen molar-refractivity contribution in [2.75, 3.05) is 0 Å². The molecule has 2 heteroatoms. The summed E-state index contributed by atoms with van der Waals surface area (Å²) in [5, 5.41) is 3.71. The van der Waals surface area contributed by atoms with Crippen LogP contribution in [0, 0.1) is 0 Å². The molecule has 0 amide bonds. The van der Waals surface area contributed by atoms with Crippen LogP contribution in [0.1, 0.15) is 29.7 Å². The van der Waals surface area contributed by atoms with Crippen LogP contribution < -0.4 is 5.32 Å². The molecule has 1 atom stereocenters. The first-order valence-electron chi connectivity index (χ1n) is 6.55. The molecule has 1 aliphatic carbocycles. The molecule has 0 spiro atoms. The Morgan fingerprint density at radius 3 is 2.28 bits per heavy atom. The minimum Gasteiger partial charge on any atom is -0.307 e. The van der Waals surface area contributed by atoms with Crippen molar-refractivity contribution < 1.29 is 0 Å². The average molecular weight is 238 g/mol. The number of nitrogens with zero attached hydrogens (tertiary/aromatic N) is 1. The van der Waals surface area contributed by atoms with Gasteiger partial charge in [0.1, 0.15) is 0 Å². The van der Waals surface area contributed by atoms with Gasteiger partial charge in [0.2, 0.25) is 0 Å². The Labute approximate surface area is 108 Å². The third-order valence-electron chi connectivity index (χ3n) is 3.74. The molecule has 1 aromatic carbocycles. The van der Waals surface area contributed by atoms with Gasteiger partial charge in [-0.05, 0) is 48.6 Å².